The van der Waals surface area contributed by atoms with Crippen LogP contribution >= 0.6 is 0 Å². The van der Waals surface area contributed by atoms with Crippen molar-refractivity contribution in [1.29, 1.82) is 0 Å². The van der Waals surface area contributed by atoms with Crippen molar-refractivity contribution >= 4 is 5.84 Å². The summed E-state index contributed by atoms with van der Waals surface area (Å²) in [6.45, 7) is 5.31. The summed E-state index contributed by atoms with van der Waals surface area (Å²) in [5.74, 6) is 0.131. The van der Waals surface area contributed by atoms with E-state index < -0.39 is 0 Å². The molecule has 1 aromatic carbocycles. The molecule has 1 aromatic rings. The molecule has 0 saturated carbocycles. The van der Waals surface area contributed by atoms with Gasteiger partial charge in [-0.05, 0) is 25.5 Å². The van der Waals surface area contributed by atoms with Crippen LogP contribution in [-0.4, -0.2) is 30.8 Å². The molecule has 0 radical (unpaired) electrons. The molecule has 0 amide bonds. The molecule has 0 aliphatic heterocycles. The van der Waals surface area contributed by atoms with Crippen molar-refractivity contribution in [2.75, 3.05) is 19.8 Å². The molecule has 4 N–H and O–H groups in total. The lowest BCUT2D eigenvalue weighted by Crippen LogP contribution is -2.17. The molecule has 0 aliphatic rings. The maximum atomic E-state index is 8.54. The third-order valence-corrected chi connectivity index (χ3v) is 2.53. The third kappa shape index (κ3) is 5.16. The minimum absolute atomic E-state index is 0.131. The van der Waals surface area contributed by atoms with Gasteiger partial charge in [0.25, 0.3) is 0 Å². The van der Waals surface area contributed by atoms with Gasteiger partial charge in [0.2, 0.25) is 0 Å². The normalized spacial score (nSPS) is 11.7. The van der Waals surface area contributed by atoms with Crippen LogP contribution in [0.1, 0.15) is 24.5 Å². The van der Waals surface area contributed by atoms with Crippen LogP contribution < -0.4 is 11.1 Å². The van der Waals surface area contributed by atoms with Gasteiger partial charge in [-0.25, -0.2) is 0 Å². The molecule has 5 heteroatoms. The van der Waals surface area contributed by atoms with E-state index in [0.717, 1.165) is 38.3 Å². The minimum atomic E-state index is 0.131. The van der Waals surface area contributed by atoms with E-state index in [9.17, 15) is 0 Å². The summed E-state index contributed by atoms with van der Waals surface area (Å²) in [5, 5.41) is 14.8. The van der Waals surface area contributed by atoms with E-state index in [1.165, 1.54) is 5.56 Å². The van der Waals surface area contributed by atoms with Crippen molar-refractivity contribution in [2.45, 2.75) is 19.9 Å². The van der Waals surface area contributed by atoms with Gasteiger partial charge in [0.15, 0.2) is 5.84 Å². The zero-order chi connectivity index (χ0) is 13.2. The fourth-order valence-corrected chi connectivity index (χ4v) is 1.53. The van der Waals surface area contributed by atoms with Gasteiger partial charge in [0.05, 0.1) is 0 Å². The van der Waals surface area contributed by atoms with Crippen molar-refractivity contribution in [1.82, 2.24) is 5.32 Å². The second-order valence-electron chi connectivity index (χ2n) is 3.91. The first-order chi connectivity index (χ1) is 8.77. The molecular formula is C13H21N3O2. The summed E-state index contributed by atoms with van der Waals surface area (Å²) in [7, 11) is 0. The van der Waals surface area contributed by atoms with Crippen LogP contribution in [0.2, 0.25) is 0 Å². The quantitative estimate of drug-likeness (QED) is 0.214. The van der Waals surface area contributed by atoms with Crippen molar-refractivity contribution in [3.05, 3.63) is 35.4 Å². The maximum absolute atomic E-state index is 8.54. The molecule has 0 unspecified atom stereocenters. The molecule has 0 heterocycles. The Hall–Kier alpha value is -1.59. The molecule has 1 rings (SSSR count). The molecular weight excluding hydrogens is 230 g/mol. The van der Waals surface area contributed by atoms with Crippen LogP contribution in [0.25, 0.3) is 0 Å². The average Bonchev–Trinajstić information content (AvgIpc) is 2.42. The van der Waals surface area contributed by atoms with Crippen LogP contribution in [0.3, 0.4) is 0 Å². The average molecular weight is 251 g/mol. The number of ether oxygens (including phenoxy) is 1. The Balaban J connectivity index is 2.27. The topological polar surface area (TPSA) is 79.9 Å². The number of rotatable bonds is 8. The second-order valence-corrected chi connectivity index (χ2v) is 3.91. The Kier molecular flexibility index (Phi) is 6.83. The van der Waals surface area contributed by atoms with Gasteiger partial charge in [0, 0.05) is 25.3 Å². The Labute approximate surface area is 108 Å². The van der Waals surface area contributed by atoms with Gasteiger partial charge >= 0.3 is 0 Å². The first-order valence-corrected chi connectivity index (χ1v) is 6.13. The highest BCUT2D eigenvalue weighted by atomic mass is 16.5. The highest BCUT2D eigenvalue weighted by molar-refractivity contribution is 5.96. The summed E-state index contributed by atoms with van der Waals surface area (Å²) < 4.78 is 5.25. The van der Waals surface area contributed by atoms with Gasteiger partial charge in [-0.2, -0.15) is 0 Å². The summed E-state index contributed by atoms with van der Waals surface area (Å²) >= 11 is 0. The zero-order valence-corrected chi connectivity index (χ0v) is 10.7. The number of hydrogen-bond donors (Lipinski definition) is 3. The van der Waals surface area contributed by atoms with E-state index in [-0.39, 0.29) is 5.84 Å². The van der Waals surface area contributed by atoms with E-state index in [4.69, 9.17) is 15.7 Å². The minimum Gasteiger partial charge on any atom is -0.409 e. The molecule has 100 valence electrons. The Morgan fingerprint density at radius 1 is 1.39 bits per heavy atom. The Morgan fingerprint density at radius 3 is 2.72 bits per heavy atom. The van der Waals surface area contributed by atoms with Crippen LogP contribution in [0.5, 0.6) is 0 Å². The molecule has 0 spiro atoms. The fraction of sp³-hybridized carbons (Fsp3) is 0.462. The number of oxime groups is 1. The first kappa shape index (κ1) is 14.5. The lowest BCUT2D eigenvalue weighted by molar-refractivity contribution is 0.144. The maximum Gasteiger partial charge on any atom is 0.170 e. The SMILES string of the molecule is CCOCCCNCc1ccc(/C(N)=N/O)cc1. The predicted molar refractivity (Wildman–Crippen MR) is 71.8 cm³/mol. The fourth-order valence-electron chi connectivity index (χ4n) is 1.53. The molecule has 5 nitrogen and oxygen atoms in total. The molecule has 0 atom stereocenters. The monoisotopic (exact) mass is 251 g/mol. The van der Waals surface area contributed by atoms with Crippen LogP contribution in [-0.2, 0) is 11.3 Å². The predicted octanol–water partition coefficient (Wildman–Crippen LogP) is 1.30. The molecule has 0 saturated heterocycles. The molecule has 18 heavy (non-hydrogen) atoms. The van der Waals surface area contributed by atoms with E-state index in [1.54, 1.807) is 0 Å². The lowest BCUT2D eigenvalue weighted by atomic mass is 10.1. The summed E-state index contributed by atoms with van der Waals surface area (Å²) in [6, 6.07) is 7.60. The van der Waals surface area contributed by atoms with Gasteiger partial charge < -0.3 is 21.0 Å². The standard InChI is InChI=1S/C13H21N3O2/c1-2-18-9-3-8-15-10-11-4-6-12(7-5-11)13(14)16-17/h4-7,15,17H,2-3,8-10H2,1H3,(H2,14,16). The number of benzene rings is 1. The molecule has 0 bridgehead atoms. The van der Waals surface area contributed by atoms with Crippen molar-refractivity contribution in [3.8, 4) is 0 Å². The molecule has 0 aliphatic carbocycles. The number of nitrogens with one attached hydrogen (secondary N) is 1. The van der Waals surface area contributed by atoms with Crippen LogP contribution in [0.15, 0.2) is 29.4 Å². The van der Waals surface area contributed by atoms with Gasteiger partial charge in [-0.3, -0.25) is 0 Å². The third-order valence-electron chi connectivity index (χ3n) is 2.53. The first-order valence-electron chi connectivity index (χ1n) is 6.13. The van der Waals surface area contributed by atoms with Crippen molar-refractivity contribution in [3.63, 3.8) is 0 Å². The number of nitrogens with two attached hydrogens (primary N) is 1. The zero-order valence-electron chi connectivity index (χ0n) is 10.7. The molecule has 0 aromatic heterocycles. The second kappa shape index (κ2) is 8.49. The number of amidine groups is 1. The van der Waals surface area contributed by atoms with Crippen LogP contribution in [0, 0.1) is 0 Å². The van der Waals surface area contributed by atoms with E-state index in [1.807, 2.05) is 31.2 Å². The van der Waals surface area contributed by atoms with Crippen LogP contribution in [0.4, 0.5) is 0 Å². The van der Waals surface area contributed by atoms with E-state index in [2.05, 4.69) is 10.5 Å². The summed E-state index contributed by atoms with van der Waals surface area (Å²) in [6.07, 6.45) is 1.01. The van der Waals surface area contributed by atoms with Crippen molar-refractivity contribution in [2.24, 2.45) is 10.9 Å². The van der Waals surface area contributed by atoms with E-state index in [0.29, 0.717) is 0 Å². The number of hydrogen-bond acceptors (Lipinski definition) is 4. The number of nitrogens with zero attached hydrogens (tertiary/aromatic N) is 1. The summed E-state index contributed by atoms with van der Waals surface area (Å²) in [5.41, 5.74) is 7.37. The summed E-state index contributed by atoms with van der Waals surface area (Å²) in [4.78, 5) is 0. The van der Waals surface area contributed by atoms with Crippen molar-refractivity contribution < 1.29 is 9.94 Å². The van der Waals surface area contributed by atoms with Gasteiger partial charge in [-0.1, -0.05) is 29.4 Å². The Morgan fingerprint density at radius 2 is 2.11 bits per heavy atom. The highest BCUT2D eigenvalue weighted by Gasteiger charge is 1.98. The van der Waals surface area contributed by atoms with Gasteiger partial charge in [0.1, 0.15) is 0 Å². The van der Waals surface area contributed by atoms with Gasteiger partial charge in [-0.15, -0.1) is 0 Å². The largest absolute Gasteiger partial charge is 0.409 e. The lowest BCUT2D eigenvalue weighted by Gasteiger charge is -2.06. The van der Waals surface area contributed by atoms with E-state index >= 15 is 0 Å². The smallest absolute Gasteiger partial charge is 0.170 e. The highest BCUT2D eigenvalue weighted by Crippen LogP contribution is 2.04. The molecule has 0 fully saturated rings. The Bertz CT molecular complexity index is 363.